The van der Waals surface area contributed by atoms with E-state index in [4.69, 9.17) is 14.6 Å². The molecule has 3 rings (SSSR count). The summed E-state index contributed by atoms with van der Waals surface area (Å²) in [6.07, 6.45) is 7.15. The quantitative estimate of drug-likeness (QED) is 0.270. The van der Waals surface area contributed by atoms with Gasteiger partial charge < -0.3 is 24.6 Å². The number of unbranched alkanes of at least 4 members (excludes halogenated alkanes) is 2. The number of esters is 1. The molecule has 2 N–H and O–H groups in total. The lowest BCUT2D eigenvalue weighted by Crippen LogP contribution is -2.37. The van der Waals surface area contributed by atoms with Crippen molar-refractivity contribution in [3.8, 4) is 5.75 Å². The van der Waals surface area contributed by atoms with Crippen LogP contribution in [0.5, 0.6) is 5.75 Å². The summed E-state index contributed by atoms with van der Waals surface area (Å²) in [5.74, 6) is -0.233. The zero-order chi connectivity index (χ0) is 27.9. The molecule has 0 unspecified atom stereocenters. The van der Waals surface area contributed by atoms with E-state index >= 15 is 0 Å². The summed E-state index contributed by atoms with van der Waals surface area (Å²) in [4.78, 5) is 36.9. The molecule has 0 spiro atoms. The number of aliphatic hydroxyl groups is 1. The van der Waals surface area contributed by atoms with Crippen LogP contribution in [0.15, 0.2) is 18.2 Å². The van der Waals surface area contributed by atoms with Gasteiger partial charge in [0.15, 0.2) is 6.61 Å². The predicted octanol–water partition coefficient (Wildman–Crippen LogP) is 4.39. The number of aliphatic carboxylic acids is 1. The van der Waals surface area contributed by atoms with Crippen molar-refractivity contribution in [3.63, 3.8) is 0 Å². The minimum atomic E-state index is -1.00. The Bertz CT molecular complexity index is 977. The molecule has 8 nitrogen and oxygen atoms in total. The molecule has 0 saturated heterocycles. The highest BCUT2D eigenvalue weighted by Gasteiger charge is 2.52. The molecule has 1 saturated carbocycles. The standard InChI is InChI=1S/C30H45NO7/c1-5-6-7-10-22(38-29(36)13-12-27(33)31(3)4)14-15-30(2)24-17-20-9-8-11-25(37-19-28(34)35)23(20)16-21(24)18-26(30)32/h8-9,11,21-22,24,26,32H,5-7,10,12-19H2,1-4H3,(H,34,35)/t21-,22-,24-,26+,30+/m0/s1. The number of aliphatic hydroxyl groups excluding tert-OH is 1. The highest BCUT2D eigenvalue weighted by atomic mass is 16.5. The molecular weight excluding hydrogens is 486 g/mol. The van der Waals surface area contributed by atoms with Gasteiger partial charge in [0, 0.05) is 20.5 Å². The van der Waals surface area contributed by atoms with Crippen molar-refractivity contribution in [1.82, 2.24) is 4.90 Å². The van der Waals surface area contributed by atoms with Crippen LogP contribution in [0, 0.1) is 17.3 Å². The molecule has 5 atom stereocenters. The lowest BCUT2D eigenvalue weighted by molar-refractivity contribution is -0.152. The first-order valence-electron chi connectivity index (χ1n) is 14.1. The maximum absolute atomic E-state index is 12.6. The molecule has 0 bridgehead atoms. The predicted molar refractivity (Wildman–Crippen MR) is 144 cm³/mol. The number of benzene rings is 1. The number of carboxylic acid groups (broad SMARTS) is 1. The van der Waals surface area contributed by atoms with Crippen molar-refractivity contribution in [1.29, 1.82) is 0 Å². The molecule has 2 aliphatic carbocycles. The summed E-state index contributed by atoms with van der Waals surface area (Å²) >= 11 is 0. The molecule has 0 aromatic heterocycles. The van der Waals surface area contributed by atoms with Gasteiger partial charge in [-0.1, -0.05) is 38.8 Å². The largest absolute Gasteiger partial charge is 0.482 e. The van der Waals surface area contributed by atoms with E-state index in [0.29, 0.717) is 18.6 Å². The number of hydrogen-bond donors (Lipinski definition) is 2. The summed E-state index contributed by atoms with van der Waals surface area (Å²) in [5.41, 5.74) is 1.91. The summed E-state index contributed by atoms with van der Waals surface area (Å²) in [7, 11) is 3.35. The van der Waals surface area contributed by atoms with Crippen LogP contribution in [0.3, 0.4) is 0 Å². The van der Waals surface area contributed by atoms with Crippen LogP contribution in [0.1, 0.15) is 82.8 Å². The molecule has 1 aromatic rings. The van der Waals surface area contributed by atoms with E-state index in [0.717, 1.165) is 56.1 Å². The van der Waals surface area contributed by atoms with Gasteiger partial charge in [0.05, 0.1) is 12.5 Å². The number of fused-ring (bicyclic) bond motifs is 2. The van der Waals surface area contributed by atoms with Crippen LogP contribution < -0.4 is 4.74 Å². The van der Waals surface area contributed by atoms with E-state index in [2.05, 4.69) is 19.9 Å². The number of carboxylic acids is 1. The van der Waals surface area contributed by atoms with E-state index in [1.807, 2.05) is 12.1 Å². The van der Waals surface area contributed by atoms with E-state index in [-0.39, 0.29) is 54.7 Å². The Kier molecular flexibility index (Phi) is 10.6. The van der Waals surface area contributed by atoms with Gasteiger partial charge in [-0.3, -0.25) is 9.59 Å². The molecule has 0 aliphatic heterocycles. The van der Waals surface area contributed by atoms with Crippen LogP contribution in [-0.4, -0.2) is 65.9 Å². The molecule has 8 heteroatoms. The fourth-order valence-electron chi connectivity index (χ4n) is 6.32. The van der Waals surface area contributed by atoms with Crippen molar-refractivity contribution in [2.75, 3.05) is 20.7 Å². The zero-order valence-electron chi connectivity index (χ0n) is 23.4. The van der Waals surface area contributed by atoms with E-state index in [9.17, 15) is 19.5 Å². The minimum Gasteiger partial charge on any atom is -0.482 e. The van der Waals surface area contributed by atoms with Crippen molar-refractivity contribution in [2.45, 2.75) is 96.7 Å². The molecule has 0 heterocycles. The molecule has 1 aromatic carbocycles. The van der Waals surface area contributed by atoms with Gasteiger partial charge in [-0.25, -0.2) is 4.79 Å². The number of nitrogens with zero attached hydrogens (tertiary/aromatic N) is 1. The Morgan fingerprint density at radius 3 is 2.58 bits per heavy atom. The minimum absolute atomic E-state index is 0.0783. The van der Waals surface area contributed by atoms with Crippen LogP contribution >= 0.6 is 0 Å². The van der Waals surface area contributed by atoms with Gasteiger partial charge in [-0.05, 0) is 79.4 Å². The molecule has 1 amide bonds. The van der Waals surface area contributed by atoms with E-state index in [1.165, 1.54) is 4.90 Å². The summed E-state index contributed by atoms with van der Waals surface area (Å²) in [5, 5.41) is 20.3. The fraction of sp³-hybridized carbons (Fsp3) is 0.700. The average molecular weight is 532 g/mol. The molecule has 212 valence electrons. The molecule has 38 heavy (non-hydrogen) atoms. The molecular formula is C30H45NO7. The van der Waals surface area contributed by atoms with Gasteiger partial charge >= 0.3 is 11.9 Å². The Morgan fingerprint density at radius 2 is 1.89 bits per heavy atom. The first-order chi connectivity index (χ1) is 18.0. The molecule has 2 aliphatic rings. The third-order valence-corrected chi connectivity index (χ3v) is 8.67. The van der Waals surface area contributed by atoms with Crippen molar-refractivity contribution >= 4 is 17.8 Å². The SMILES string of the molecule is CCCCC[C@@H](CC[C@@]1(C)[C@H](O)C[C@@H]2Cc3c(cccc3OCC(=O)O)C[C@@H]21)OC(=O)CCC(=O)N(C)C. The van der Waals surface area contributed by atoms with Crippen LogP contribution in [0.25, 0.3) is 0 Å². The zero-order valence-corrected chi connectivity index (χ0v) is 23.4. The number of ether oxygens (including phenoxy) is 2. The third kappa shape index (κ3) is 7.49. The Labute approximate surface area is 226 Å². The second-order valence-corrected chi connectivity index (χ2v) is 11.5. The fourth-order valence-corrected chi connectivity index (χ4v) is 6.32. The first-order valence-corrected chi connectivity index (χ1v) is 14.1. The summed E-state index contributed by atoms with van der Waals surface area (Å²) in [6.45, 7) is 3.94. The van der Waals surface area contributed by atoms with Gasteiger partial charge in [-0.2, -0.15) is 0 Å². The van der Waals surface area contributed by atoms with Crippen molar-refractivity contribution < 1.29 is 34.1 Å². The lowest BCUT2D eigenvalue weighted by atomic mass is 9.66. The van der Waals surface area contributed by atoms with Crippen LogP contribution in [0.2, 0.25) is 0 Å². The lowest BCUT2D eigenvalue weighted by Gasteiger charge is -2.40. The maximum Gasteiger partial charge on any atom is 0.341 e. The molecule has 0 radical (unpaired) electrons. The van der Waals surface area contributed by atoms with Gasteiger partial charge in [-0.15, -0.1) is 0 Å². The van der Waals surface area contributed by atoms with E-state index in [1.54, 1.807) is 14.1 Å². The number of amides is 1. The van der Waals surface area contributed by atoms with Crippen LogP contribution in [-0.2, 0) is 32.0 Å². The second kappa shape index (κ2) is 13.5. The highest BCUT2D eigenvalue weighted by Crippen LogP contribution is 2.55. The number of hydrogen-bond acceptors (Lipinski definition) is 6. The highest BCUT2D eigenvalue weighted by molar-refractivity contribution is 5.81. The van der Waals surface area contributed by atoms with E-state index < -0.39 is 12.1 Å². The van der Waals surface area contributed by atoms with Gasteiger partial charge in [0.1, 0.15) is 11.9 Å². The number of carbonyl (C=O) groups is 3. The summed E-state index contributed by atoms with van der Waals surface area (Å²) in [6, 6.07) is 5.81. The third-order valence-electron chi connectivity index (χ3n) is 8.67. The molecule has 1 fully saturated rings. The smallest absolute Gasteiger partial charge is 0.341 e. The van der Waals surface area contributed by atoms with Crippen LogP contribution in [0.4, 0.5) is 0 Å². The van der Waals surface area contributed by atoms with Crippen molar-refractivity contribution in [3.05, 3.63) is 29.3 Å². The Balaban J connectivity index is 1.67. The topological polar surface area (TPSA) is 113 Å². The second-order valence-electron chi connectivity index (χ2n) is 11.5. The monoisotopic (exact) mass is 531 g/mol. The Morgan fingerprint density at radius 1 is 1.13 bits per heavy atom. The van der Waals surface area contributed by atoms with Gasteiger partial charge in [0.2, 0.25) is 5.91 Å². The Hall–Kier alpha value is -2.61. The van der Waals surface area contributed by atoms with Crippen molar-refractivity contribution in [2.24, 2.45) is 17.3 Å². The average Bonchev–Trinajstić information content (AvgIpc) is 3.12. The number of rotatable bonds is 14. The normalized spacial score (nSPS) is 24.7. The summed E-state index contributed by atoms with van der Waals surface area (Å²) < 4.78 is 11.4. The first kappa shape index (κ1) is 29.9. The number of carbonyl (C=O) groups excluding carboxylic acids is 2. The van der Waals surface area contributed by atoms with Gasteiger partial charge in [0.25, 0.3) is 0 Å². The maximum atomic E-state index is 12.6.